The Morgan fingerprint density at radius 3 is 2.41 bits per heavy atom. The van der Waals surface area contributed by atoms with E-state index in [-0.39, 0.29) is 22.3 Å². The summed E-state index contributed by atoms with van der Waals surface area (Å²) in [7, 11) is 0. The summed E-state index contributed by atoms with van der Waals surface area (Å²) in [5.74, 6) is -2.73. The SMILES string of the molecule is O=C(Cn1c2c(sc1=O)[C@@H](c1cccc(Cl)c1Cl)[C@@H]1C(=O)N(c3ccc(Br)cc3)C(=O)[C@@H]1S2)Nc1ccc2ccccc2c1. The van der Waals surface area contributed by atoms with Gasteiger partial charge in [-0.25, -0.2) is 4.90 Å². The van der Waals surface area contributed by atoms with Gasteiger partial charge in [-0.1, -0.05) is 105 Å². The fourth-order valence-corrected chi connectivity index (χ4v) is 9.26. The van der Waals surface area contributed by atoms with E-state index in [9.17, 15) is 19.2 Å². The highest BCUT2D eigenvalue weighted by molar-refractivity contribution is 9.10. The number of amides is 3. The summed E-state index contributed by atoms with van der Waals surface area (Å²) in [5.41, 5.74) is 1.59. The van der Waals surface area contributed by atoms with Crippen molar-refractivity contribution in [1.82, 2.24) is 4.57 Å². The molecule has 7 nitrogen and oxygen atoms in total. The topological polar surface area (TPSA) is 88.5 Å². The Morgan fingerprint density at radius 2 is 1.64 bits per heavy atom. The first-order chi connectivity index (χ1) is 21.2. The summed E-state index contributed by atoms with van der Waals surface area (Å²) >= 11 is 18.6. The lowest BCUT2D eigenvalue weighted by Crippen LogP contribution is -2.33. The summed E-state index contributed by atoms with van der Waals surface area (Å²) < 4.78 is 2.19. The van der Waals surface area contributed by atoms with Crippen LogP contribution in [0.3, 0.4) is 0 Å². The molecule has 1 fully saturated rings. The van der Waals surface area contributed by atoms with Gasteiger partial charge in [0.05, 0.1) is 26.7 Å². The number of aromatic nitrogens is 1. The molecule has 7 rings (SSSR count). The Hall–Kier alpha value is -3.41. The number of rotatable bonds is 5. The molecule has 0 radical (unpaired) electrons. The number of imide groups is 1. The average Bonchev–Trinajstić information content (AvgIpc) is 3.45. The second-order valence-electron chi connectivity index (χ2n) is 10.4. The van der Waals surface area contributed by atoms with Crippen molar-refractivity contribution in [2.45, 2.75) is 22.7 Å². The van der Waals surface area contributed by atoms with Gasteiger partial charge in [0.15, 0.2) is 0 Å². The maximum atomic E-state index is 14.1. The highest BCUT2D eigenvalue weighted by atomic mass is 79.9. The number of anilines is 2. The smallest absolute Gasteiger partial charge is 0.308 e. The number of halogens is 3. The van der Waals surface area contributed by atoms with Crippen LogP contribution < -0.4 is 15.1 Å². The number of nitrogens with one attached hydrogen (secondary N) is 1. The van der Waals surface area contributed by atoms with E-state index < -0.39 is 28.9 Å². The molecule has 3 amide bonds. The van der Waals surface area contributed by atoms with Crippen LogP contribution in [0.1, 0.15) is 16.4 Å². The van der Waals surface area contributed by atoms with Crippen molar-refractivity contribution in [1.29, 1.82) is 0 Å². The largest absolute Gasteiger partial charge is 0.325 e. The first kappa shape index (κ1) is 29.3. The molecule has 44 heavy (non-hydrogen) atoms. The number of benzene rings is 4. The van der Waals surface area contributed by atoms with Crippen LogP contribution in [0.5, 0.6) is 0 Å². The molecule has 0 aliphatic carbocycles. The number of nitrogens with zero attached hydrogens (tertiary/aromatic N) is 2. The van der Waals surface area contributed by atoms with E-state index in [0.717, 1.165) is 38.3 Å². The minimum Gasteiger partial charge on any atom is -0.325 e. The molecule has 0 saturated carbocycles. The van der Waals surface area contributed by atoms with E-state index in [0.29, 0.717) is 31.9 Å². The zero-order chi connectivity index (χ0) is 30.7. The van der Waals surface area contributed by atoms with Crippen LogP contribution in [0.25, 0.3) is 10.8 Å². The normalized spacial score (nSPS) is 19.2. The predicted octanol–water partition coefficient (Wildman–Crippen LogP) is 7.57. The number of carbonyl (C=O) groups is 3. The van der Waals surface area contributed by atoms with Gasteiger partial charge in [0, 0.05) is 21.0 Å². The van der Waals surface area contributed by atoms with E-state index in [1.165, 1.54) is 9.47 Å². The lowest BCUT2D eigenvalue weighted by Gasteiger charge is -2.31. The monoisotopic (exact) mass is 723 g/mol. The molecule has 4 aromatic carbocycles. The molecule has 3 heterocycles. The van der Waals surface area contributed by atoms with E-state index in [2.05, 4.69) is 21.2 Å². The molecular weight excluding hydrogens is 705 g/mol. The third-order valence-electron chi connectivity index (χ3n) is 7.79. The van der Waals surface area contributed by atoms with Crippen molar-refractivity contribution in [3.05, 3.63) is 120 Å². The zero-order valence-electron chi connectivity index (χ0n) is 22.5. The third-order valence-corrected chi connectivity index (χ3v) is 11.8. The molecule has 12 heteroatoms. The first-order valence-corrected chi connectivity index (χ1v) is 16.7. The van der Waals surface area contributed by atoms with Crippen LogP contribution in [-0.2, 0) is 20.9 Å². The molecule has 2 aliphatic rings. The standard InChI is InChI=1S/C32H20BrCl2N3O4S2/c33-18-9-12-20(13-10-18)38-29(40)25-24(21-6-3-7-22(34)26(21)35)28-31(43-27(25)30(38)41)37(32(42)44-28)15-23(39)36-19-11-8-16-4-1-2-5-17(16)14-19/h1-14,24-25,27H,15H2,(H,36,39)/t24-,25-,27+/m0/s1. The van der Waals surface area contributed by atoms with Crippen LogP contribution in [0.4, 0.5) is 11.4 Å². The van der Waals surface area contributed by atoms with Crippen molar-refractivity contribution in [2.75, 3.05) is 10.2 Å². The Kier molecular flexibility index (Phi) is 7.66. The van der Waals surface area contributed by atoms with Gasteiger partial charge in [-0.3, -0.25) is 23.7 Å². The second kappa shape index (κ2) is 11.5. The summed E-state index contributed by atoms with van der Waals surface area (Å²) in [4.78, 5) is 56.1. The Bertz CT molecular complexity index is 2060. The second-order valence-corrected chi connectivity index (χ2v) is 14.2. The maximum absolute atomic E-state index is 14.1. The zero-order valence-corrected chi connectivity index (χ0v) is 27.2. The Balaban J connectivity index is 1.28. The van der Waals surface area contributed by atoms with Gasteiger partial charge in [0.1, 0.15) is 11.8 Å². The molecular formula is C32H20BrCl2N3O4S2. The molecule has 3 atom stereocenters. The predicted molar refractivity (Wildman–Crippen MR) is 179 cm³/mol. The van der Waals surface area contributed by atoms with Crippen LogP contribution >= 0.6 is 62.2 Å². The fraction of sp³-hybridized carbons (Fsp3) is 0.125. The number of hydrogen-bond acceptors (Lipinski definition) is 6. The summed E-state index contributed by atoms with van der Waals surface area (Å²) in [6.07, 6.45) is 0. The lowest BCUT2D eigenvalue weighted by molar-refractivity contribution is -0.122. The molecule has 0 unspecified atom stereocenters. The summed E-state index contributed by atoms with van der Waals surface area (Å²) in [5, 5.41) is 5.06. The van der Waals surface area contributed by atoms with Crippen molar-refractivity contribution in [3.63, 3.8) is 0 Å². The van der Waals surface area contributed by atoms with E-state index in [1.54, 1.807) is 42.5 Å². The molecule has 0 spiro atoms. The highest BCUT2D eigenvalue weighted by Gasteiger charge is 2.57. The van der Waals surface area contributed by atoms with E-state index >= 15 is 0 Å². The summed E-state index contributed by atoms with van der Waals surface area (Å²) in [6.45, 7) is -0.267. The first-order valence-electron chi connectivity index (χ1n) is 13.5. The molecule has 0 bridgehead atoms. The fourth-order valence-electron chi connectivity index (χ4n) is 5.81. The van der Waals surface area contributed by atoms with Crippen LogP contribution in [0, 0.1) is 5.92 Å². The number of carbonyl (C=O) groups excluding carboxylic acids is 3. The molecule has 5 aromatic rings. The van der Waals surface area contributed by atoms with Crippen molar-refractivity contribution in [2.24, 2.45) is 5.92 Å². The number of hydrogen-bond donors (Lipinski definition) is 1. The quantitative estimate of drug-likeness (QED) is 0.189. The highest BCUT2D eigenvalue weighted by Crippen LogP contribution is 2.55. The van der Waals surface area contributed by atoms with Gasteiger partial charge in [0.25, 0.3) is 0 Å². The minimum atomic E-state index is -0.845. The van der Waals surface area contributed by atoms with Gasteiger partial charge in [-0.2, -0.15) is 0 Å². The molecule has 1 aromatic heterocycles. The van der Waals surface area contributed by atoms with Crippen molar-refractivity contribution in [3.8, 4) is 0 Å². The Morgan fingerprint density at radius 1 is 0.886 bits per heavy atom. The summed E-state index contributed by atoms with van der Waals surface area (Å²) in [6, 6.07) is 25.5. The molecule has 2 aliphatic heterocycles. The molecule has 1 N–H and O–H groups in total. The number of thioether (sulfide) groups is 1. The lowest BCUT2D eigenvalue weighted by atomic mass is 9.83. The van der Waals surface area contributed by atoms with Crippen molar-refractivity contribution < 1.29 is 14.4 Å². The van der Waals surface area contributed by atoms with E-state index in [4.69, 9.17) is 23.2 Å². The van der Waals surface area contributed by atoms with Gasteiger partial charge >= 0.3 is 4.87 Å². The maximum Gasteiger partial charge on any atom is 0.308 e. The Labute approximate surface area is 277 Å². The van der Waals surface area contributed by atoms with Crippen LogP contribution in [0.2, 0.25) is 10.0 Å². The van der Waals surface area contributed by atoms with Crippen LogP contribution in [0.15, 0.2) is 99.2 Å². The van der Waals surface area contributed by atoms with Gasteiger partial charge in [-0.05, 0) is 58.8 Å². The van der Waals surface area contributed by atoms with E-state index in [1.807, 2.05) is 42.5 Å². The third kappa shape index (κ3) is 4.98. The number of fused-ring (bicyclic) bond motifs is 3. The van der Waals surface area contributed by atoms with Gasteiger partial charge < -0.3 is 5.32 Å². The number of thiazole rings is 1. The average molecular weight is 725 g/mol. The van der Waals surface area contributed by atoms with Crippen molar-refractivity contribution >= 4 is 102 Å². The van der Waals surface area contributed by atoms with Gasteiger partial charge in [0.2, 0.25) is 17.7 Å². The molecule has 1 saturated heterocycles. The van der Waals surface area contributed by atoms with Crippen LogP contribution in [-0.4, -0.2) is 27.5 Å². The van der Waals surface area contributed by atoms with Gasteiger partial charge in [-0.15, -0.1) is 0 Å². The minimum absolute atomic E-state index is 0.250. The molecule has 220 valence electrons.